The van der Waals surface area contributed by atoms with Crippen molar-refractivity contribution in [3.8, 4) is 0 Å². The van der Waals surface area contributed by atoms with Crippen molar-refractivity contribution < 1.29 is 9.90 Å². The summed E-state index contributed by atoms with van der Waals surface area (Å²) in [4.78, 5) is 15.1. The molecule has 1 atom stereocenters. The zero-order chi connectivity index (χ0) is 9.84. The Labute approximate surface area is 79.6 Å². The number of aromatic nitrogens is 1. The molecule has 0 aliphatic heterocycles. The highest BCUT2D eigenvalue weighted by molar-refractivity contribution is 7.13. The van der Waals surface area contributed by atoms with Crippen LogP contribution in [0.4, 0.5) is 5.13 Å². The molecule has 1 rings (SSSR count). The van der Waals surface area contributed by atoms with Crippen molar-refractivity contribution >= 4 is 22.4 Å². The molecule has 0 unspecified atom stereocenters. The quantitative estimate of drug-likeness (QED) is 0.634. The first kappa shape index (κ1) is 9.94. The number of nitrogens with one attached hydrogen (secondary N) is 1. The van der Waals surface area contributed by atoms with Crippen LogP contribution in [0.1, 0.15) is 17.4 Å². The molecule has 13 heavy (non-hydrogen) atoms. The first-order valence-electron chi connectivity index (χ1n) is 3.76. The lowest BCUT2D eigenvalue weighted by Crippen LogP contribution is -2.35. The topological polar surface area (TPSA) is 88.2 Å². The third-order valence-corrected chi connectivity index (χ3v) is 2.08. The Hall–Kier alpha value is -1.14. The Morgan fingerprint density at radius 2 is 2.62 bits per heavy atom. The Balaban J connectivity index is 2.58. The number of hydrogen-bond acceptors (Lipinski definition) is 5. The van der Waals surface area contributed by atoms with Crippen LogP contribution < -0.4 is 11.1 Å². The number of nitrogens with zero attached hydrogens (tertiary/aromatic N) is 1. The Bertz CT molecular complexity index is 300. The van der Waals surface area contributed by atoms with Gasteiger partial charge in [-0.3, -0.25) is 4.79 Å². The minimum atomic E-state index is -0.311. The Morgan fingerprint density at radius 1 is 1.92 bits per heavy atom. The predicted molar refractivity (Wildman–Crippen MR) is 50.5 cm³/mol. The van der Waals surface area contributed by atoms with Gasteiger partial charge in [-0.1, -0.05) is 0 Å². The van der Waals surface area contributed by atoms with Gasteiger partial charge in [0.05, 0.1) is 6.61 Å². The van der Waals surface area contributed by atoms with Gasteiger partial charge in [-0.2, -0.15) is 0 Å². The van der Waals surface area contributed by atoms with E-state index in [0.29, 0.717) is 10.8 Å². The third kappa shape index (κ3) is 2.67. The number of nitrogen functional groups attached to an aromatic ring is 1. The summed E-state index contributed by atoms with van der Waals surface area (Å²) >= 11 is 1.21. The summed E-state index contributed by atoms with van der Waals surface area (Å²) in [7, 11) is 0. The molecule has 0 aliphatic carbocycles. The van der Waals surface area contributed by atoms with Gasteiger partial charge in [0.25, 0.3) is 5.91 Å². The van der Waals surface area contributed by atoms with Gasteiger partial charge in [0.2, 0.25) is 0 Å². The molecule has 0 spiro atoms. The lowest BCUT2D eigenvalue weighted by Gasteiger charge is -2.08. The molecule has 0 aromatic carbocycles. The minimum Gasteiger partial charge on any atom is -0.394 e. The lowest BCUT2D eigenvalue weighted by molar-refractivity contribution is 0.0918. The number of aliphatic hydroxyl groups is 1. The van der Waals surface area contributed by atoms with E-state index in [4.69, 9.17) is 10.8 Å². The monoisotopic (exact) mass is 201 g/mol. The van der Waals surface area contributed by atoms with Crippen LogP contribution in [-0.4, -0.2) is 28.6 Å². The van der Waals surface area contributed by atoms with E-state index in [1.54, 1.807) is 12.3 Å². The average Bonchev–Trinajstić information content (AvgIpc) is 2.51. The molecule has 1 heterocycles. The molecule has 0 aliphatic rings. The Kier molecular flexibility index (Phi) is 3.21. The van der Waals surface area contributed by atoms with Crippen molar-refractivity contribution in [1.29, 1.82) is 0 Å². The van der Waals surface area contributed by atoms with Gasteiger partial charge in [-0.25, -0.2) is 4.98 Å². The van der Waals surface area contributed by atoms with Gasteiger partial charge in [-0.15, -0.1) is 11.3 Å². The summed E-state index contributed by atoms with van der Waals surface area (Å²) in [6.45, 7) is 1.61. The molecular formula is C7H11N3O2S. The summed E-state index contributed by atoms with van der Waals surface area (Å²) in [6, 6.07) is -0.268. The zero-order valence-corrected chi connectivity index (χ0v) is 7.97. The van der Waals surface area contributed by atoms with E-state index in [1.165, 1.54) is 11.3 Å². The standard InChI is InChI=1S/C7H11N3O2S/c1-4(2-11)9-6(12)5-3-13-7(8)10-5/h3-4,11H,2H2,1H3,(H2,8,10)(H,9,12)/t4-/m0/s1. The summed E-state index contributed by atoms with van der Waals surface area (Å²) in [5.74, 6) is -0.311. The van der Waals surface area contributed by atoms with Crippen LogP contribution in [0.2, 0.25) is 0 Å². The highest BCUT2D eigenvalue weighted by atomic mass is 32.1. The van der Waals surface area contributed by atoms with E-state index in [9.17, 15) is 4.79 Å². The fourth-order valence-electron chi connectivity index (χ4n) is 0.735. The lowest BCUT2D eigenvalue weighted by atomic mass is 10.3. The van der Waals surface area contributed by atoms with E-state index in [0.717, 1.165) is 0 Å². The molecule has 0 saturated heterocycles. The molecule has 0 bridgehead atoms. The van der Waals surface area contributed by atoms with Crippen LogP contribution in [0, 0.1) is 0 Å². The molecular weight excluding hydrogens is 190 g/mol. The SMILES string of the molecule is C[C@@H](CO)NC(=O)c1csc(N)n1. The van der Waals surface area contributed by atoms with Crippen molar-refractivity contribution in [3.05, 3.63) is 11.1 Å². The van der Waals surface area contributed by atoms with Crippen LogP contribution in [0.5, 0.6) is 0 Å². The van der Waals surface area contributed by atoms with Gasteiger partial charge in [0.15, 0.2) is 5.13 Å². The number of amides is 1. The van der Waals surface area contributed by atoms with Crippen LogP contribution in [-0.2, 0) is 0 Å². The van der Waals surface area contributed by atoms with E-state index >= 15 is 0 Å². The van der Waals surface area contributed by atoms with Crippen LogP contribution in [0.15, 0.2) is 5.38 Å². The molecule has 72 valence electrons. The maximum absolute atomic E-state index is 11.3. The van der Waals surface area contributed by atoms with Crippen molar-refractivity contribution in [2.24, 2.45) is 0 Å². The van der Waals surface area contributed by atoms with Gasteiger partial charge in [0, 0.05) is 11.4 Å². The van der Waals surface area contributed by atoms with Crippen molar-refractivity contribution in [1.82, 2.24) is 10.3 Å². The van der Waals surface area contributed by atoms with E-state index < -0.39 is 0 Å². The minimum absolute atomic E-state index is 0.0919. The average molecular weight is 201 g/mol. The third-order valence-electron chi connectivity index (χ3n) is 1.41. The Morgan fingerprint density at radius 3 is 3.08 bits per heavy atom. The van der Waals surface area contributed by atoms with Crippen molar-refractivity contribution in [2.45, 2.75) is 13.0 Å². The summed E-state index contributed by atoms with van der Waals surface area (Å²) in [6.07, 6.45) is 0. The van der Waals surface area contributed by atoms with E-state index in [-0.39, 0.29) is 18.6 Å². The maximum atomic E-state index is 11.3. The number of carbonyl (C=O) groups is 1. The molecule has 1 aromatic rings. The molecule has 0 radical (unpaired) electrons. The molecule has 1 aromatic heterocycles. The molecule has 4 N–H and O–H groups in total. The van der Waals surface area contributed by atoms with Crippen LogP contribution >= 0.6 is 11.3 Å². The normalized spacial score (nSPS) is 12.5. The number of thiazole rings is 1. The van der Waals surface area contributed by atoms with Crippen LogP contribution in [0.3, 0.4) is 0 Å². The highest BCUT2D eigenvalue weighted by Crippen LogP contribution is 2.10. The second-order valence-electron chi connectivity index (χ2n) is 2.63. The fourth-order valence-corrected chi connectivity index (χ4v) is 1.28. The molecule has 0 saturated carbocycles. The van der Waals surface area contributed by atoms with Gasteiger partial charge in [-0.05, 0) is 6.92 Å². The second kappa shape index (κ2) is 4.20. The molecule has 5 nitrogen and oxygen atoms in total. The number of hydrogen-bond donors (Lipinski definition) is 3. The van der Waals surface area contributed by atoms with Gasteiger partial charge >= 0.3 is 0 Å². The summed E-state index contributed by atoms with van der Waals surface area (Å²) in [5.41, 5.74) is 5.65. The first-order chi connectivity index (χ1) is 6.13. The largest absolute Gasteiger partial charge is 0.394 e. The van der Waals surface area contributed by atoms with Crippen LogP contribution in [0.25, 0.3) is 0 Å². The van der Waals surface area contributed by atoms with Crippen molar-refractivity contribution in [3.63, 3.8) is 0 Å². The van der Waals surface area contributed by atoms with Crippen molar-refractivity contribution in [2.75, 3.05) is 12.3 Å². The van der Waals surface area contributed by atoms with E-state index in [1.807, 2.05) is 0 Å². The smallest absolute Gasteiger partial charge is 0.271 e. The summed E-state index contributed by atoms with van der Waals surface area (Å²) in [5, 5.41) is 13.2. The maximum Gasteiger partial charge on any atom is 0.271 e. The second-order valence-corrected chi connectivity index (χ2v) is 3.52. The number of anilines is 1. The molecule has 1 amide bonds. The fraction of sp³-hybridized carbons (Fsp3) is 0.429. The number of carbonyl (C=O) groups excluding carboxylic acids is 1. The van der Waals surface area contributed by atoms with E-state index in [2.05, 4.69) is 10.3 Å². The number of rotatable bonds is 3. The molecule has 6 heteroatoms. The highest BCUT2D eigenvalue weighted by Gasteiger charge is 2.11. The van der Waals surface area contributed by atoms with Gasteiger partial charge < -0.3 is 16.2 Å². The number of aliphatic hydroxyl groups excluding tert-OH is 1. The first-order valence-corrected chi connectivity index (χ1v) is 4.64. The summed E-state index contributed by atoms with van der Waals surface area (Å²) < 4.78 is 0. The number of nitrogens with two attached hydrogens (primary N) is 1. The van der Waals surface area contributed by atoms with Gasteiger partial charge in [0.1, 0.15) is 5.69 Å². The zero-order valence-electron chi connectivity index (χ0n) is 7.15. The molecule has 0 fully saturated rings. The predicted octanol–water partition coefficient (Wildman–Crippen LogP) is -0.164.